The molecule has 2 aromatic carbocycles. The zero-order valence-electron chi connectivity index (χ0n) is 19.8. The van der Waals surface area contributed by atoms with Gasteiger partial charge in [0.15, 0.2) is 5.82 Å². The van der Waals surface area contributed by atoms with Gasteiger partial charge in [-0.25, -0.2) is 9.97 Å². The number of aromatic nitrogens is 2. The molecule has 0 unspecified atom stereocenters. The Bertz CT molecular complexity index is 1200. The molecule has 0 radical (unpaired) electrons. The molecule has 1 heterocycles. The molecule has 0 spiro atoms. The summed E-state index contributed by atoms with van der Waals surface area (Å²) in [6.07, 6.45) is 6.98. The van der Waals surface area contributed by atoms with Crippen molar-refractivity contribution >= 4 is 28.3 Å². The molecule has 1 fully saturated rings. The van der Waals surface area contributed by atoms with E-state index >= 15 is 0 Å². The van der Waals surface area contributed by atoms with Crippen LogP contribution in [0.15, 0.2) is 61.3 Å². The average Bonchev–Trinajstić information content (AvgIpc) is 2.88. The fraction of sp³-hybridized carbons (Fsp3) is 0.333. The summed E-state index contributed by atoms with van der Waals surface area (Å²) in [6.45, 7) is 6.73. The van der Waals surface area contributed by atoms with Crippen LogP contribution in [-0.4, -0.2) is 52.4 Å². The summed E-state index contributed by atoms with van der Waals surface area (Å²) in [5, 5.41) is 7.83. The van der Waals surface area contributed by atoms with E-state index in [1.807, 2.05) is 36.4 Å². The summed E-state index contributed by atoms with van der Waals surface area (Å²) in [5.74, 6) is 0.0199. The van der Waals surface area contributed by atoms with Crippen molar-refractivity contribution in [3.05, 3.63) is 67.0 Å². The Morgan fingerprint density at radius 1 is 1.15 bits per heavy atom. The number of nitrogens with zero attached hydrogens (tertiary/aromatic N) is 3. The standard InChI is InChI=1S/C27H31N5O2/c1-4-25(33)30-23-8-6-7-18-9-10-19(17-22(18)23)26-28-16-15-24(31-26)27(34)29-20-11-13-21(14-12-20)32(3)5-2/h4,6-10,15-17,20-21H,1,5,11-14H2,2-3H3,(H,29,34)(H,30,33). The first kappa shape index (κ1) is 23.6. The summed E-state index contributed by atoms with van der Waals surface area (Å²) in [7, 11) is 2.16. The molecule has 3 aromatic rings. The van der Waals surface area contributed by atoms with Gasteiger partial charge in [0, 0.05) is 34.9 Å². The lowest BCUT2D eigenvalue weighted by molar-refractivity contribution is -0.111. The Morgan fingerprint density at radius 2 is 1.94 bits per heavy atom. The molecule has 0 atom stereocenters. The maximum absolute atomic E-state index is 12.9. The highest BCUT2D eigenvalue weighted by Crippen LogP contribution is 2.28. The van der Waals surface area contributed by atoms with Crippen molar-refractivity contribution in [3.63, 3.8) is 0 Å². The highest BCUT2D eigenvalue weighted by Gasteiger charge is 2.25. The van der Waals surface area contributed by atoms with E-state index in [-0.39, 0.29) is 17.9 Å². The Morgan fingerprint density at radius 3 is 2.68 bits per heavy atom. The van der Waals surface area contributed by atoms with E-state index in [0.29, 0.717) is 23.2 Å². The van der Waals surface area contributed by atoms with Gasteiger partial charge in [-0.3, -0.25) is 9.59 Å². The highest BCUT2D eigenvalue weighted by molar-refractivity contribution is 6.06. The largest absolute Gasteiger partial charge is 0.348 e. The van der Waals surface area contributed by atoms with E-state index in [9.17, 15) is 9.59 Å². The van der Waals surface area contributed by atoms with Crippen molar-refractivity contribution in [3.8, 4) is 11.4 Å². The van der Waals surface area contributed by atoms with Crippen molar-refractivity contribution in [2.45, 2.75) is 44.7 Å². The number of hydrogen-bond donors (Lipinski definition) is 2. The summed E-state index contributed by atoms with van der Waals surface area (Å²) >= 11 is 0. The Balaban J connectivity index is 1.51. The Hall–Kier alpha value is -3.58. The topological polar surface area (TPSA) is 87.2 Å². The van der Waals surface area contributed by atoms with Gasteiger partial charge in [0.25, 0.3) is 5.91 Å². The van der Waals surface area contributed by atoms with E-state index in [1.165, 1.54) is 6.08 Å². The molecule has 2 amide bonds. The molecular formula is C27H31N5O2. The van der Waals surface area contributed by atoms with Gasteiger partial charge in [0.1, 0.15) is 5.69 Å². The van der Waals surface area contributed by atoms with E-state index < -0.39 is 0 Å². The van der Waals surface area contributed by atoms with Gasteiger partial charge in [0.2, 0.25) is 5.91 Å². The van der Waals surface area contributed by atoms with Crippen LogP contribution in [0, 0.1) is 0 Å². The van der Waals surface area contributed by atoms with Crippen LogP contribution in [-0.2, 0) is 4.79 Å². The fourth-order valence-electron chi connectivity index (χ4n) is 4.51. The summed E-state index contributed by atoms with van der Waals surface area (Å²) in [5.41, 5.74) is 1.80. The number of hydrogen-bond acceptors (Lipinski definition) is 5. The lowest BCUT2D eigenvalue weighted by atomic mass is 9.90. The third kappa shape index (κ3) is 5.31. The lowest BCUT2D eigenvalue weighted by Crippen LogP contribution is -2.42. The molecule has 1 saturated carbocycles. The zero-order valence-corrected chi connectivity index (χ0v) is 19.8. The molecule has 7 heteroatoms. The first-order chi connectivity index (χ1) is 16.5. The van der Waals surface area contributed by atoms with Crippen LogP contribution in [0.2, 0.25) is 0 Å². The Labute approximate surface area is 200 Å². The van der Waals surface area contributed by atoms with Crippen LogP contribution < -0.4 is 10.6 Å². The van der Waals surface area contributed by atoms with Gasteiger partial charge < -0.3 is 15.5 Å². The molecule has 34 heavy (non-hydrogen) atoms. The summed E-state index contributed by atoms with van der Waals surface area (Å²) in [4.78, 5) is 36.1. The summed E-state index contributed by atoms with van der Waals surface area (Å²) in [6, 6.07) is 13.9. The number of carbonyl (C=O) groups excluding carboxylic acids is 2. The second-order valence-corrected chi connectivity index (χ2v) is 8.75. The first-order valence-electron chi connectivity index (χ1n) is 11.8. The van der Waals surface area contributed by atoms with Gasteiger partial charge in [-0.05, 0) is 68.9 Å². The van der Waals surface area contributed by atoms with E-state index in [4.69, 9.17) is 0 Å². The predicted octanol–water partition coefficient (Wildman–Crippen LogP) is 4.41. The van der Waals surface area contributed by atoms with E-state index in [1.54, 1.807) is 12.3 Å². The van der Waals surface area contributed by atoms with Crippen molar-refractivity contribution in [2.24, 2.45) is 0 Å². The normalized spacial score (nSPS) is 18.0. The Kier molecular flexibility index (Phi) is 7.33. The van der Waals surface area contributed by atoms with Crippen LogP contribution in [0.1, 0.15) is 43.1 Å². The number of benzene rings is 2. The third-order valence-electron chi connectivity index (χ3n) is 6.63. The van der Waals surface area contributed by atoms with Gasteiger partial charge in [-0.15, -0.1) is 0 Å². The smallest absolute Gasteiger partial charge is 0.270 e. The van der Waals surface area contributed by atoms with Crippen LogP contribution in [0.25, 0.3) is 22.2 Å². The minimum atomic E-state index is -0.275. The molecule has 1 aromatic heterocycles. The van der Waals surface area contributed by atoms with Gasteiger partial charge in [-0.2, -0.15) is 0 Å². The summed E-state index contributed by atoms with van der Waals surface area (Å²) < 4.78 is 0. The van der Waals surface area contributed by atoms with Crippen LogP contribution in [0.3, 0.4) is 0 Å². The molecular weight excluding hydrogens is 426 g/mol. The molecule has 0 aliphatic heterocycles. The highest BCUT2D eigenvalue weighted by atomic mass is 16.2. The number of nitrogens with one attached hydrogen (secondary N) is 2. The minimum Gasteiger partial charge on any atom is -0.348 e. The second kappa shape index (κ2) is 10.6. The van der Waals surface area contributed by atoms with E-state index in [2.05, 4.69) is 46.1 Å². The van der Waals surface area contributed by atoms with Crippen molar-refractivity contribution in [1.82, 2.24) is 20.2 Å². The number of anilines is 1. The molecule has 176 valence electrons. The molecule has 7 nitrogen and oxygen atoms in total. The van der Waals surface area contributed by atoms with Gasteiger partial charge >= 0.3 is 0 Å². The molecule has 1 aliphatic carbocycles. The quantitative estimate of drug-likeness (QED) is 0.513. The number of amides is 2. The molecule has 1 aliphatic rings. The SMILES string of the molecule is C=CC(=O)Nc1cccc2ccc(-c3nccc(C(=O)NC4CCC(N(C)CC)CC4)n3)cc12. The zero-order chi connectivity index (χ0) is 24.1. The van der Waals surface area contributed by atoms with Gasteiger partial charge in [0.05, 0.1) is 0 Å². The lowest BCUT2D eigenvalue weighted by Gasteiger charge is -2.34. The monoisotopic (exact) mass is 457 g/mol. The predicted molar refractivity (Wildman–Crippen MR) is 136 cm³/mol. The van der Waals surface area contributed by atoms with Crippen molar-refractivity contribution in [1.29, 1.82) is 0 Å². The van der Waals surface area contributed by atoms with E-state index in [0.717, 1.165) is 48.6 Å². The first-order valence-corrected chi connectivity index (χ1v) is 11.8. The maximum Gasteiger partial charge on any atom is 0.270 e. The number of rotatable bonds is 7. The number of carbonyl (C=O) groups is 2. The van der Waals surface area contributed by atoms with Crippen LogP contribution in [0.5, 0.6) is 0 Å². The van der Waals surface area contributed by atoms with Crippen molar-refractivity contribution in [2.75, 3.05) is 18.9 Å². The van der Waals surface area contributed by atoms with Crippen LogP contribution >= 0.6 is 0 Å². The van der Waals surface area contributed by atoms with Crippen molar-refractivity contribution < 1.29 is 9.59 Å². The second-order valence-electron chi connectivity index (χ2n) is 8.75. The third-order valence-corrected chi connectivity index (χ3v) is 6.63. The number of fused-ring (bicyclic) bond motifs is 1. The molecule has 0 saturated heterocycles. The molecule has 2 N–H and O–H groups in total. The fourth-order valence-corrected chi connectivity index (χ4v) is 4.51. The maximum atomic E-state index is 12.9. The average molecular weight is 458 g/mol. The molecule has 4 rings (SSSR count). The minimum absolute atomic E-state index is 0.170. The molecule has 0 bridgehead atoms. The van der Waals surface area contributed by atoms with Crippen LogP contribution in [0.4, 0.5) is 5.69 Å². The van der Waals surface area contributed by atoms with Gasteiger partial charge in [-0.1, -0.05) is 37.8 Å².